The summed E-state index contributed by atoms with van der Waals surface area (Å²) in [5.41, 5.74) is 12.8. The van der Waals surface area contributed by atoms with E-state index in [0.29, 0.717) is 13.1 Å². The van der Waals surface area contributed by atoms with E-state index >= 15 is 0 Å². The number of benzene rings is 1. The molecule has 1 saturated heterocycles. The van der Waals surface area contributed by atoms with Gasteiger partial charge in [0, 0.05) is 30.7 Å². The first-order valence-electron chi connectivity index (χ1n) is 9.77. The lowest BCUT2D eigenvalue weighted by Gasteiger charge is -2.40. The lowest BCUT2D eigenvalue weighted by Crippen LogP contribution is -2.59. The first kappa shape index (κ1) is 20.6. The Labute approximate surface area is 166 Å². The number of fused-ring (bicyclic) bond motifs is 2. The zero-order valence-corrected chi connectivity index (χ0v) is 16.7. The van der Waals surface area contributed by atoms with Crippen molar-refractivity contribution >= 4 is 17.5 Å². The second kappa shape index (κ2) is 8.06. The number of ether oxygens (including phenoxy) is 1. The van der Waals surface area contributed by atoms with Gasteiger partial charge in [-0.3, -0.25) is 9.59 Å². The summed E-state index contributed by atoms with van der Waals surface area (Å²) in [4.78, 5) is 27.1. The van der Waals surface area contributed by atoms with Gasteiger partial charge in [0.15, 0.2) is 0 Å². The Morgan fingerprint density at radius 2 is 2.00 bits per heavy atom. The normalized spacial score (nSPS) is 19.1. The van der Waals surface area contributed by atoms with Crippen molar-refractivity contribution in [2.24, 2.45) is 11.5 Å². The topological polar surface area (TPSA) is 123 Å². The fourth-order valence-electron chi connectivity index (χ4n) is 3.99. The Kier molecular flexibility index (Phi) is 5.92. The summed E-state index contributed by atoms with van der Waals surface area (Å²) in [6, 6.07) is 7.59. The van der Waals surface area contributed by atoms with Gasteiger partial charge >= 0.3 is 0 Å². The molecule has 2 aliphatic heterocycles. The van der Waals surface area contributed by atoms with Crippen molar-refractivity contribution in [2.45, 2.75) is 43.7 Å². The van der Waals surface area contributed by atoms with Crippen LogP contribution in [-0.2, 0) is 19.7 Å². The number of piperidine rings is 1. The van der Waals surface area contributed by atoms with Crippen molar-refractivity contribution in [1.82, 2.24) is 10.2 Å². The third-order valence-electron chi connectivity index (χ3n) is 5.74. The van der Waals surface area contributed by atoms with Crippen molar-refractivity contribution in [3.05, 3.63) is 29.8 Å². The van der Waals surface area contributed by atoms with Gasteiger partial charge in [-0.1, -0.05) is 18.2 Å². The average molecular weight is 390 g/mol. The van der Waals surface area contributed by atoms with Gasteiger partial charge in [-0.25, -0.2) is 0 Å². The number of rotatable bonds is 6. The molecule has 2 aliphatic rings. The van der Waals surface area contributed by atoms with Crippen LogP contribution in [-0.4, -0.2) is 61.3 Å². The lowest BCUT2D eigenvalue weighted by atomic mass is 9.74. The van der Waals surface area contributed by atoms with E-state index in [-0.39, 0.29) is 24.7 Å². The van der Waals surface area contributed by atoms with Gasteiger partial charge in [-0.05, 0) is 38.3 Å². The molecule has 0 saturated carbocycles. The summed E-state index contributed by atoms with van der Waals surface area (Å²) >= 11 is 0. The molecule has 2 amide bonds. The first-order valence-corrected chi connectivity index (χ1v) is 9.77. The predicted octanol–water partition coefficient (Wildman–Crippen LogP) is 0.127. The van der Waals surface area contributed by atoms with E-state index < -0.39 is 17.5 Å². The Morgan fingerprint density at radius 1 is 1.32 bits per heavy atom. The van der Waals surface area contributed by atoms with Gasteiger partial charge in [-0.2, -0.15) is 0 Å². The zero-order chi connectivity index (χ0) is 20.4. The molecule has 154 valence electrons. The van der Waals surface area contributed by atoms with Crippen LogP contribution in [0.1, 0.15) is 32.3 Å². The summed E-state index contributed by atoms with van der Waals surface area (Å²) in [5, 5.41) is 6.21. The number of amides is 2. The van der Waals surface area contributed by atoms with Crippen LogP contribution >= 0.6 is 0 Å². The second-order valence-electron chi connectivity index (χ2n) is 8.29. The molecule has 8 heteroatoms. The molecule has 3 rings (SSSR count). The summed E-state index contributed by atoms with van der Waals surface area (Å²) < 4.78 is 5.23. The number of para-hydroxylation sites is 1. The SMILES string of the molecule is CC(C)(N)C(=O)N[C@H](COCN)C(=O)N1CCC2(CC1)CNc1ccccc12. The number of carbonyl (C=O) groups is 2. The maximum atomic E-state index is 13.0. The number of nitrogens with one attached hydrogen (secondary N) is 2. The quantitative estimate of drug-likeness (QED) is 0.513. The first-order chi connectivity index (χ1) is 13.3. The van der Waals surface area contributed by atoms with Gasteiger partial charge in [0.2, 0.25) is 11.8 Å². The number of carbonyl (C=O) groups excluding carboxylic acids is 2. The fourth-order valence-corrected chi connectivity index (χ4v) is 3.99. The van der Waals surface area contributed by atoms with Crippen molar-refractivity contribution in [2.75, 3.05) is 38.3 Å². The summed E-state index contributed by atoms with van der Waals surface area (Å²) in [5.74, 6) is -0.547. The molecule has 1 atom stereocenters. The molecular formula is C20H31N5O3. The minimum atomic E-state index is -1.08. The minimum absolute atomic E-state index is 0.0166. The van der Waals surface area contributed by atoms with Crippen molar-refractivity contribution in [3.63, 3.8) is 0 Å². The van der Waals surface area contributed by atoms with Crippen molar-refractivity contribution in [1.29, 1.82) is 0 Å². The Balaban J connectivity index is 1.66. The van der Waals surface area contributed by atoms with Gasteiger partial charge in [-0.15, -0.1) is 0 Å². The highest BCUT2D eigenvalue weighted by molar-refractivity contribution is 5.91. The highest BCUT2D eigenvalue weighted by Gasteiger charge is 2.43. The number of hydrogen-bond acceptors (Lipinski definition) is 6. The summed E-state index contributed by atoms with van der Waals surface area (Å²) in [6.45, 7) is 5.38. The minimum Gasteiger partial charge on any atom is -0.384 e. The van der Waals surface area contributed by atoms with Crippen LogP contribution in [0.2, 0.25) is 0 Å². The van der Waals surface area contributed by atoms with E-state index in [9.17, 15) is 9.59 Å². The molecule has 28 heavy (non-hydrogen) atoms. The average Bonchev–Trinajstić information content (AvgIpc) is 3.03. The third-order valence-corrected chi connectivity index (χ3v) is 5.74. The molecule has 8 nitrogen and oxygen atoms in total. The third kappa shape index (κ3) is 4.14. The molecule has 2 heterocycles. The smallest absolute Gasteiger partial charge is 0.247 e. The monoisotopic (exact) mass is 389 g/mol. The predicted molar refractivity (Wildman–Crippen MR) is 108 cm³/mol. The van der Waals surface area contributed by atoms with Gasteiger partial charge in [0.25, 0.3) is 0 Å². The Bertz CT molecular complexity index is 723. The molecule has 0 bridgehead atoms. The highest BCUT2D eigenvalue weighted by Crippen LogP contribution is 2.43. The lowest BCUT2D eigenvalue weighted by molar-refractivity contribution is -0.140. The molecule has 0 radical (unpaired) electrons. The van der Waals surface area contributed by atoms with Gasteiger partial charge in [0.1, 0.15) is 6.04 Å². The molecular weight excluding hydrogens is 358 g/mol. The summed E-state index contributed by atoms with van der Waals surface area (Å²) in [7, 11) is 0. The molecule has 0 aromatic heterocycles. The number of nitrogens with zero attached hydrogens (tertiary/aromatic N) is 1. The summed E-state index contributed by atoms with van der Waals surface area (Å²) in [6.07, 6.45) is 1.76. The van der Waals surface area contributed by atoms with Crippen LogP contribution in [0, 0.1) is 0 Å². The van der Waals surface area contributed by atoms with Crippen LogP contribution in [0.25, 0.3) is 0 Å². The maximum absolute atomic E-state index is 13.0. The molecule has 0 aliphatic carbocycles. The molecule has 1 aromatic carbocycles. The van der Waals surface area contributed by atoms with Gasteiger partial charge in [0.05, 0.1) is 18.9 Å². The van der Waals surface area contributed by atoms with Crippen LogP contribution < -0.4 is 22.1 Å². The van der Waals surface area contributed by atoms with Crippen molar-refractivity contribution < 1.29 is 14.3 Å². The fraction of sp³-hybridized carbons (Fsp3) is 0.600. The number of likely N-dealkylation sites (tertiary alicyclic amines) is 1. The molecule has 1 fully saturated rings. The Hall–Kier alpha value is -2.16. The number of nitrogens with two attached hydrogens (primary N) is 2. The molecule has 6 N–H and O–H groups in total. The highest BCUT2D eigenvalue weighted by atomic mass is 16.5. The zero-order valence-electron chi connectivity index (χ0n) is 16.7. The van der Waals surface area contributed by atoms with E-state index in [0.717, 1.165) is 19.4 Å². The van der Waals surface area contributed by atoms with Crippen LogP contribution in [0.5, 0.6) is 0 Å². The Morgan fingerprint density at radius 3 is 2.64 bits per heavy atom. The van der Waals surface area contributed by atoms with E-state index in [1.807, 2.05) is 6.07 Å². The van der Waals surface area contributed by atoms with Crippen LogP contribution in [0.15, 0.2) is 24.3 Å². The van der Waals surface area contributed by atoms with Gasteiger partial charge < -0.3 is 31.7 Å². The molecule has 1 aromatic rings. The van der Waals surface area contributed by atoms with E-state index in [2.05, 4.69) is 28.8 Å². The number of anilines is 1. The van der Waals surface area contributed by atoms with Crippen molar-refractivity contribution in [3.8, 4) is 0 Å². The van der Waals surface area contributed by atoms with E-state index in [4.69, 9.17) is 16.2 Å². The number of hydrogen-bond donors (Lipinski definition) is 4. The largest absolute Gasteiger partial charge is 0.384 e. The standard InChI is InChI=1S/C20H31N5O3/c1-19(2,22)18(27)24-16(11-28-13-21)17(26)25-9-7-20(8-10-25)12-23-15-6-4-3-5-14(15)20/h3-6,16,23H,7-13,21-22H2,1-2H3,(H,24,27)/t16-/m1/s1. The van der Waals surface area contributed by atoms with Crippen LogP contribution in [0.3, 0.4) is 0 Å². The van der Waals surface area contributed by atoms with E-state index in [1.54, 1.807) is 18.7 Å². The molecule has 1 spiro atoms. The molecule has 0 unspecified atom stereocenters. The van der Waals surface area contributed by atoms with Crippen LogP contribution in [0.4, 0.5) is 5.69 Å². The maximum Gasteiger partial charge on any atom is 0.247 e. The van der Waals surface area contributed by atoms with E-state index in [1.165, 1.54) is 11.3 Å². The second-order valence-corrected chi connectivity index (χ2v) is 8.29.